The zero-order valence-corrected chi connectivity index (χ0v) is 17.8. The van der Waals surface area contributed by atoms with E-state index in [2.05, 4.69) is 59.2 Å². The molecular formula is C20H21N9OS. The predicted octanol–water partition coefficient (Wildman–Crippen LogP) is 3.67. The number of aromatic nitrogens is 7. The van der Waals surface area contributed by atoms with Crippen LogP contribution in [0.1, 0.15) is 17.7 Å². The molecule has 3 N–H and O–H groups in total. The van der Waals surface area contributed by atoms with Crippen LogP contribution in [0.2, 0.25) is 0 Å². The summed E-state index contributed by atoms with van der Waals surface area (Å²) in [4.78, 5) is 13.0. The van der Waals surface area contributed by atoms with Gasteiger partial charge in [0.15, 0.2) is 0 Å². The molecule has 4 aromatic rings. The molecule has 4 rings (SSSR count). The predicted molar refractivity (Wildman–Crippen MR) is 120 cm³/mol. The third-order valence-corrected chi connectivity index (χ3v) is 5.54. The number of H-pyrrole nitrogens is 1. The SMILES string of the molecule is COc1ccccc1[C@H](C)SCNc1cc(-c2ccnc(Nc3nn[nH]n3)c2)ncn1. The molecule has 11 heteroatoms. The number of thioether (sulfide) groups is 1. The molecule has 10 nitrogen and oxygen atoms in total. The molecule has 0 saturated carbocycles. The Bertz CT molecular complexity index is 1120. The minimum Gasteiger partial charge on any atom is -0.496 e. The third-order valence-electron chi connectivity index (χ3n) is 4.47. The number of para-hydroxylation sites is 1. The quantitative estimate of drug-likeness (QED) is 0.335. The van der Waals surface area contributed by atoms with E-state index >= 15 is 0 Å². The molecule has 0 unspecified atom stereocenters. The van der Waals surface area contributed by atoms with Crippen LogP contribution in [-0.4, -0.2) is 48.6 Å². The number of hydrogen-bond acceptors (Lipinski definition) is 10. The maximum atomic E-state index is 5.46. The van der Waals surface area contributed by atoms with E-state index in [-0.39, 0.29) is 5.25 Å². The molecule has 0 amide bonds. The summed E-state index contributed by atoms with van der Waals surface area (Å²) >= 11 is 1.77. The van der Waals surface area contributed by atoms with Gasteiger partial charge in [-0.2, -0.15) is 5.21 Å². The molecule has 1 aromatic carbocycles. The first-order chi connectivity index (χ1) is 15.2. The molecule has 0 aliphatic rings. The van der Waals surface area contributed by atoms with E-state index in [1.165, 1.54) is 5.56 Å². The van der Waals surface area contributed by atoms with Crippen molar-refractivity contribution in [2.75, 3.05) is 23.6 Å². The second-order valence-corrected chi connectivity index (χ2v) is 7.78. The lowest BCUT2D eigenvalue weighted by Gasteiger charge is -2.16. The summed E-state index contributed by atoms with van der Waals surface area (Å²) < 4.78 is 5.46. The van der Waals surface area contributed by atoms with Crippen LogP contribution in [0.5, 0.6) is 5.75 Å². The highest BCUT2D eigenvalue weighted by Gasteiger charge is 2.11. The maximum Gasteiger partial charge on any atom is 0.268 e. The van der Waals surface area contributed by atoms with Gasteiger partial charge in [0, 0.05) is 28.6 Å². The van der Waals surface area contributed by atoms with Crippen molar-refractivity contribution in [3.63, 3.8) is 0 Å². The van der Waals surface area contributed by atoms with Gasteiger partial charge in [-0.15, -0.1) is 16.9 Å². The molecule has 3 aromatic heterocycles. The average Bonchev–Trinajstić information content (AvgIpc) is 3.32. The Balaban J connectivity index is 1.39. The topological polar surface area (TPSA) is 126 Å². The largest absolute Gasteiger partial charge is 0.496 e. The lowest BCUT2D eigenvalue weighted by atomic mass is 10.1. The number of nitrogens with zero attached hydrogens (tertiary/aromatic N) is 6. The van der Waals surface area contributed by atoms with Crippen LogP contribution >= 0.6 is 11.8 Å². The number of pyridine rings is 1. The smallest absolute Gasteiger partial charge is 0.268 e. The van der Waals surface area contributed by atoms with Crippen molar-refractivity contribution in [1.29, 1.82) is 0 Å². The Labute approximate surface area is 183 Å². The van der Waals surface area contributed by atoms with E-state index in [1.807, 2.05) is 36.4 Å². The second kappa shape index (κ2) is 9.85. The highest BCUT2D eigenvalue weighted by atomic mass is 32.2. The maximum absolute atomic E-state index is 5.46. The Kier molecular flexibility index (Phi) is 6.53. The summed E-state index contributed by atoms with van der Waals surface area (Å²) in [6.45, 7) is 2.16. The minimum absolute atomic E-state index is 0.268. The van der Waals surface area contributed by atoms with E-state index in [9.17, 15) is 0 Å². The van der Waals surface area contributed by atoms with Gasteiger partial charge in [-0.1, -0.05) is 23.3 Å². The first-order valence-corrected chi connectivity index (χ1v) is 10.5. The summed E-state index contributed by atoms with van der Waals surface area (Å²) in [7, 11) is 1.69. The molecule has 0 radical (unpaired) electrons. The van der Waals surface area contributed by atoms with Gasteiger partial charge in [0.2, 0.25) is 0 Å². The number of anilines is 3. The van der Waals surface area contributed by atoms with Crippen LogP contribution in [0.15, 0.2) is 55.0 Å². The van der Waals surface area contributed by atoms with E-state index in [1.54, 1.807) is 31.4 Å². The highest BCUT2D eigenvalue weighted by molar-refractivity contribution is 7.99. The van der Waals surface area contributed by atoms with Crippen LogP contribution in [-0.2, 0) is 0 Å². The van der Waals surface area contributed by atoms with Crippen LogP contribution in [0.3, 0.4) is 0 Å². The second-order valence-electron chi connectivity index (χ2n) is 6.45. The molecule has 3 heterocycles. The van der Waals surface area contributed by atoms with Crippen LogP contribution in [0.25, 0.3) is 11.3 Å². The van der Waals surface area contributed by atoms with Crippen LogP contribution < -0.4 is 15.4 Å². The highest BCUT2D eigenvalue weighted by Crippen LogP contribution is 2.34. The summed E-state index contributed by atoms with van der Waals surface area (Å²) in [5.74, 6) is 3.27. The Morgan fingerprint density at radius 3 is 2.84 bits per heavy atom. The summed E-state index contributed by atoms with van der Waals surface area (Å²) in [5, 5.41) is 20.2. The first-order valence-electron chi connectivity index (χ1n) is 9.50. The number of methoxy groups -OCH3 is 1. The Hall–Kier alpha value is -3.73. The minimum atomic E-state index is 0.268. The number of rotatable bonds is 9. The third kappa shape index (κ3) is 5.25. The summed E-state index contributed by atoms with van der Waals surface area (Å²) in [6, 6.07) is 13.7. The van der Waals surface area contributed by atoms with Gasteiger partial charge in [0.05, 0.1) is 18.7 Å². The van der Waals surface area contributed by atoms with Gasteiger partial charge in [0.25, 0.3) is 5.95 Å². The molecular weight excluding hydrogens is 414 g/mol. The molecule has 0 aliphatic heterocycles. The lowest BCUT2D eigenvalue weighted by molar-refractivity contribution is 0.410. The van der Waals surface area contributed by atoms with Crippen molar-refractivity contribution in [3.05, 3.63) is 60.6 Å². The summed E-state index contributed by atoms with van der Waals surface area (Å²) in [5.41, 5.74) is 2.83. The number of hydrogen-bond donors (Lipinski definition) is 3. The number of aromatic amines is 1. The number of ether oxygens (including phenoxy) is 1. The Morgan fingerprint density at radius 1 is 1.10 bits per heavy atom. The van der Waals surface area contributed by atoms with Crippen LogP contribution in [0, 0.1) is 0 Å². The molecule has 31 heavy (non-hydrogen) atoms. The summed E-state index contributed by atoms with van der Waals surface area (Å²) in [6.07, 6.45) is 3.23. The standard InChI is InChI=1S/C20H21N9OS/c1-13(15-5-3-4-6-17(15)30-2)31-12-24-18-10-16(22-11-23-18)14-7-8-21-19(9-14)25-20-26-28-29-27-20/h3-11,13H,12H2,1-2H3,(H,22,23,24)(H2,21,25,26,27,28,29)/t13-/m0/s1. The van der Waals surface area contributed by atoms with E-state index < -0.39 is 0 Å². The monoisotopic (exact) mass is 435 g/mol. The van der Waals surface area contributed by atoms with E-state index in [0.29, 0.717) is 17.6 Å². The van der Waals surface area contributed by atoms with Crippen molar-refractivity contribution in [1.82, 2.24) is 35.6 Å². The van der Waals surface area contributed by atoms with Gasteiger partial charge < -0.3 is 15.4 Å². The molecule has 0 spiro atoms. The van der Waals surface area contributed by atoms with Crippen molar-refractivity contribution in [2.45, 2.75) is 12.2 Å². The van der Waals surface area contributed by atoms with E-state index in [0.717, 1.165) is 22.8 Å². The van der Waals surface area contributed by atoms with Gasteiger partial charge in [-0.3, -0.25) is 0 Å². The average molecular weight is 436 g/mol. The van der Waals surface area contributed by atoms with Gasteiger partial charge in [-0.25, -0.2) is 15.0 Å². The molecule has 158 valence electrons. The lowest BCUT2D eigenvalue weighted by Crippen LogP contribution is -2.03. The normalized spacial score (nSPS) is 11.7. The zero-order chi connectivity index (χ0) is 21.5. The number of nitrogens with one attached hydrogen (secondary N) is 3. The van der Waals surface area contributed by atoms with Crippen molar-refractivity contribution < 1.29 is 4.74 Å². The fraction of sp³-hybridized carbons (Fsp3) is 0.200. The molecule has 1 atom stereocenters. The number of tetrazole rings is 1. The van der Waals surface area contributed by atoms with Gasteiger partial charge >= 0.3 is 0 Å². The molecule has 0 bridgehead atoms. The van der Waals surface area contributed by atoms with Crippen molar-refractivity contribution in [2.24, 2.45) is 0 Å². The van der Waals surface area contributed by atoms with Crippen molar-refractivity contribution >= 4 is 29.3 Å². The number of benzene rings is 1. The Morgan fingerprint density at radius 2 is 2.00 bits per heavy atom. The fourth-order valence-corrected chi connectivity index (χ4v) is 3.79. The molecule has 0 fully saturated rings. The first kappa shape index (κ1) is 20.5. The zero-order valence-electron chi connectivity index (χ0n) is 17.0. The van der Waals surface area contributed by atoms with Gasteiger partial charge in [0.1, 0.15) is 23.7 Å². The van der Waals surface area contributed by atoms with Crippen LogP contribution in [0.4, 0.5) is 17.6 Å². The van der Waals surface area contributed by atoms with E-state index in [4.69, 9.17) is 4.74 Å². The molecule has 0 saturated heterocycles. The fourth-order valence-electron chi connectivity index (χ4n) is 2.93. The molecule has 0 aliphatic carbocycles. The van der Waals surface area contributed by atoms with Gasteiger partial charge in [-0.05, 0) is 30.3 Å². The van der Waals surface area contributed by atoms with Crippen molar-refractivity contribution in [3.8, 4) is 17.0 Å².